The molecular formula is C10H6F14O3. The molecule has 1 fully saturated rings. The van der Waals surface area contributed by atoms with Crippen molar-refractivity contribution in [3.05, 3.63) is 0 Å². The van der Waals surface area contributed by atoms with Crippen molar-refractivity contribution in [3.8, 4) is 0 Å². The molecule has 1 saturated heterocycles. The highest BCUT2D eigenvalue weighted by Gasteiger charge is 2.88. The summed E-state index contributed by atoms with van der Waals surface area (Å²) in [6.07, 6.45) is -20.3. The van der Waals surface area contributed by atoms with Gasteiger partial charge in [0, 0.05) is 13.8 Å². The van der Waals surface area contributed by atoms with Gasteiger partial charge in [-0.05, 0) is 0 Å². The van der Waals surface area contributed by atoms with Crippen LogP contribution in [0.25, 0.3) is 0 Å². The Morgan fingerprint density at radius 3 is 1.44 bits per heavy atom. The highest BCUT2D eigenvalue weighted by Crippen LogP contribution is 2.60. The van der Waals surface area contributed by atoms with Crippen molar-refractivity contribution in [3.63, 3.8) is 0 Å². The lowest BCUT2D eigenvalue weighted by atomic mass is 10.1. The summed E-state index contributed by atoms with van der Waals surface area (Å²) in [5.74, 6) is -24.9. The van der Waals surface area contributed by atoms with E-state index in [0.29, 0.717) is 0 Å². The van der Waals surface area contributed by atoms with Gasteiger partial charge >= 0.3 is 48.0 Å². The number of hydrogen-bond donors (Lipinski definition) is 0. The maximum Gasteiger partial charge on any atom is 0.457 e. The van der Waals surface area contributed by atoms with Gasteiger partial charge in [0.2, 0.25) is 0 Å². The van der Waals surface area contributed by atoms with Crippen LogP contribution in [0, 0.1) is 0 Å². The molecule has 3 nitrogen and oxygen atoms in total. The van der Waals surface area contributed by atoms with Crippen LogP contribution in [0.2, 0.25) is 0 Å². The van der Waals surface area contributed by atoms with Gasteiger partial charge in [-0.25, -0.2) is 13.2 Å². The van der Waals surface area contributed by atoms with Gasteiger partial charge in [0.05, 0.1) is 0 Å². The van der Waals surface area contributed by atoms with Crippen molar-refractivity contribution in [1.29, 1.82) is 0 Å². The van der Waals surface area contributed by atoms with Gasteiger partial charge in [-0.3, -0.25) is 14.2 Å². The minimum Gasteiger partial charge on any atom is -0.273 e. The summed E-state index contributed by atoms with van der Waals surface area (Å²) in [4.78, 5) is 0. The molecule has 1 aliphatic heterocycles. The first-order chi connectivity index (χ1) is 11.4. The highest BCUT2D eigenvalue weighted by molar-refractivity contribution is 5.00. The van der Waals surface area contributed by atoms with E-state index in [-0.39, 0.29) is 0 Å². The molecule has 27 heavy (non-hydrogen) atoms. The summed E-state index contributed by atoms with van der Waals surface area (Å²) in [5.41, 5.74) is 0. The summed E-state index contributed by atoms with van der Waals surface area (Å²) in [7, 11) is 0. The molecule has 0 aliphatic carbocycles. The van der Waals surface area contributed by atoms with Gasteiger partial charge in [0.15, 0.2) is 0 Å². The molecule has 162 valence electrons. The fourth-order valence-electron chi connectivity index (χ4n) is 1.59. The Kier molecular flexibility index (Phi) is 5.06. The number of alkyl halides is 14. The average molecular weight is 440 g/mol. The van der Waals surface area contributed by atoms with Crippen LogP contribution in [-0.2, 0) is 14.2 Å². The molecule has 0 amide bonds. The highest BCUT2D eigenvalue weighted by atomic mass is 19.4. The zero-order valence-corrected chi connectivity index (χ0v) is 12.5. The number of hydrogen-bond acceptors (Lipinski definition) is 3. The Labute approximate surface area is 139 Å². The molecular weight excluding hydrogens is 434 g/mol. The Morgan fingerprint density at radius 1 is 0.741 bits per heavy atom. The first kappa shape index (κ1) is 23.9. The number of ether oxygens (including phenoxy) is 3. The molecule has 1 aliphatic rings. The maximum atomic E-state index is 14.2. The van der Waals surface area contributed by atoms with Crippen LogP contribution in [0.5, 0.6) is 0 Å². The zero-order chi connectivity index (χ0) is 22.1. The van der Waals surface area contributed by atoms with Crippen LogP contribution < -0.4 is 0 Å². The lowest BCUT2D eigenvalue weighted by molar-refractivity contribution is -0.632. The Hall–Kier alpha value is -1.10. The van der Waals surface area contributed by atoms with Gasteiger partial charge in [-0.2, -0.15) is 48.3 Å². The van der Waals surface area contributed by atoms with Gasteiger partial charge in [-0.15, -0.1) is 0 Å². The van der Waals surface area contributed by atoms with Crippen LogP contribution in [0.4, 0.5) is 61.5 Å². The molecule has 0 aromatic carbocycles. The minimum absolute atomic E-state index is 0.682. The fourth-order valence-corrected chi connectivity index (χ4v) is 1.59. The van der Waals surface area contributed by atoms with Crippen LogP contribution >= 0.6 is 0 Å². The SMILES string of the molecule is CC(F)(F)C(F)(OC1(F)OC(C)(F)C(F)(F)OC1(F)C(F)(F)F)C(F)(F)F. The molecule has 1 heterocycles. The lowest BCUT2D eigenvalue weighted by Crippen LogP contribution is -2.76. The molecule has 0 N–H and O–H groups in total. The molecule has 0 spiro atoms. The third kappa shape index (κ3) is 3.41. The monoisotopic (exact) mass is 440 g/mol. The topological polar surface area (TPSA) is 27.7 Å². The summed E-state index contributed by atoms with van der Waals surface area (Å²) < 4.78 is 190. The first-order valence-corrected chi connectivity index (χ1v) is 6.12. The van der Waals surface area contributed by atoms with E-state index in [9.17, 15) is 61.5 Å². The van der Waals surface area contributed by atoms with Crippen LogP contribution in [-0.4, -0.2) is 48.0 Å². The number of rotatable bonds is 3. The molecule has 4 atom stereocenters. The van der Waals surface area contributed by atoms with E-state index in [1.54, 1.807) is 0 Å². The third-order valence-corrected chi connectivity index (χ3v) is 3.06. The summed E-state index contributed by atoms with van der Waals surface area (Å²) in [6, 6.07) is -6.64. The molecule has 1 rings (SSSR count). The Bertz CT molecular complexity index is 563. The molecule has 0 saturated carbocycles. The third-order valence-electron chi connectivity index (χ3n) is 3.06. The van der Waals surface area contributed by atoms with Crippen molar-refractivity contribution in [2.45, 2.75) is 61.8 Å². The first-order valence-electron chi connectivity index (χ1n) is 6.12. The van der Waals surface area contributed by atoms with Crippen molar-refractivity contribution >= 4 is 0 Å². The molecule has 0 radical (unpaired) electrons. The van der Waals surface area contributed by atoms with E-state index < -0.39 is 61.8 Å². The normalized spacial score (nSPS) is 37.8. The molecule has 0 aromatic heterocycles. The molecule has 4 unspecified atom stereocenters. The van der Waals surface area contributed by atoms with E-state index in [1.165, 1.54) is 0 Å². The smallest absolute Gasteiger partial charge is 0.273 e. The Balaban J connectivity index is 3.69. The molecule has 17 heteroatoms. The maximum absolute atomic E-state index is 14.2. The average Bonchev–Trinajstić information content (AvgIpc) is 2.31. The van der Waals surface area contributed by atoms with E-state index in [2.05, 4.69) is 14.2 Å². The Morgan fingerprint density at radius 2 is 1.15 bits per heavy atom. The van der Waals surface area contributed by atoms with Crippen molar-refractivity contribution in [1.82, 2.24) is 0 Å². The van der Waals surface area contributed by atoms with Crippen molar-refractivity contribution in [2.75, 3.05) is 0 Å². The summed E-state index contributed by atoms with van der Waals surface area (Å²) >= 11 is 0. The van der Waals surface area contributed by atoms with Crippen molar-refractivity contribution in [2.24, 2.45) is 0 Å². The van der Waals surface area contributed by atoms with Crippen LogP contribution in [0.3, 0.4) is 0 Å². The predicted octanol–water partition coefficient (Wildman–Crippen LogP) is 5.06. The van der Waals surface area contributed by atoms with E-state index in [0.717, 1.165) is 0 Å². The summed E-state index contributed by atoms with van der Waals surface area (Å²) in [5, 5.41) is 0. The van der Waals surface area contributed by atoms with Crippen LogP contribution in [0.15, 0.2) is 0 Å². The lowest BCUT2D eigenvalue weighted by Gasteiger charge is -2.50. The van der Waals surface area contributed by atoms with Crippen molar-refractivity contribution < 1.29 is 75.7 Å². The van der Waals surface area contributed by atoms with E-state index in [1.807, 2.05) is 0 Å². The second-order valence-electron chi connectivity index (χ2n) is 5.35. The largest absolute Gasteiger partial charge is 0.457 e. The fraction of sp³-hybridized carbons (Fsp3) is 1.00. The van der Waals surface area contributed by atoms with E-state index in [4.69, 9.17) is 0 Å². The quantitative estimate of drug-likeness (QED) is 0.575. The van der Waals surface area contributed by atoms with Gasteiger partial charge in [-0.1, -0.05) is 0 Å². The van der Waals surface area contributed by atoms with Crippen LogP contribution in [0.1, 0.15) is 13.8 Å². The zero-order valence-electron chi connectivity index (χ0n) is 12.5. The standard InChI is InChI=1S/C10H6F14O3/c1-3(11,12)5(14,7(16,17)18)27-10(24)6(15,8(19,20)21)26-9(22,23)4(2,13)25-10/h1-2H3. The van der Waals surface area contributed by atoms with Gasteiger partial charge in [0.25, 0.3) is 0 Å². The molecule has 0 aromatic rings. The summed E-state index contributed by atoms with van der Waals surface area (Å²) in [6.45, 7) is -1.68. The van der Waals surface area contributed by atoms with Gasteiger partial charge < -0.3 is 0 Å². The second-order valence-corrected chi connectivity index (χ2v) is 5.35. The predicted molar refractivity (Wildman–Crippen MR) is 52.0 cm³/mol. The number of halogens is 14. The molecule has 0 bridgehead atoms. The van der Waals surface area contributed by atoms with E-state index >= 15 is 0 Å². The second kappa shape index (κ2) is 5.71. The van der Waals surface area contributed by atoms with Gasteiger partial charge in [0.1, 0.15) is 0 Å². The minimum atomic E-state index is -7.16.